The van der Waals surface area contributed by atoms with E-state index in [0.29, 0.717) is 0 Å². The second-order valence-corrected chi connectivity index (χ2v) is 9.20. The molecule has 2 aromatic carbocycles. The van der Waals surface area contributed by atoms with Crippen molar-refractivity contribution in [2.24, 2.45) is 0 Å². The van der Waals surface area contributed by atoms with Gasteiger partial charge in [-0.05, 0) is 56.3 Å². The van der Waals surface area contributed by atoms with Crippen LogP contribution in [0.15, 0.2) is 59.1 Å². The highest BCUT2D eigenvalue weighted by Gasteiger charge is 2.28. The molecule has 0 unspecified atom stereocenters. The summed E-state index contributed by atoms with van der Waals surface area (Å²) in [5.74, 6) is -0.839. The third kappa shape index (κ3) is 3.61. The van der Waals surface area contributed by atoms with Crippen molar-refractivity contribution in [3.8, 4) is 0 Å². The summed E-state index contributed by atoms with van der Waals surface area (Å²) in [5, 5.41) is 13.8. The van der Waals surface area contributed by atoms with E-state index in [1.807, 2.05) is 41.9 Å². The molecule has 0 atom stereocenters. The number of carboxylic acids is 1. The zero-order chi connectivity index (χ0) is 19.0. The molecule has 0 aliphatic carbocycles. The number of carbonyl (C=O) groups is 1. The van der Waals surface area contributed by atoms with Gasteiger partial charge in [0.25, 0.3) is 0 Å². The van der Waals surface area contributed by atoms with Gasteiger partial charge in [-0.3, -0.25) is 9.78 Å². The average Bonchev–Trinajstić information content (AvgIpc) is 3.09. The predicted octanol–water partition coefficient (Wildman–Crippen LogP) is 5.54. The van der Waals surface area contributed by atoms with Crippen LogP contribution >= 0.6 is 23.1 Å². The first-order chi connectivity index (χ1) is 12.9. The molecule has 0 spiro atoms. The van der Waals surface area contributed by atoms with Crippen LogP contribution in [0.5, 0.6) is 0 Å². The van der Waals surface area contributed by atoms with E-state index < -0.39 is 10.7 Å². The molecule has 2 N–H and O–H groups in total. The van der Waals surface area contributed by atoms with Crippen LogP contribution in [-0.4, -0.2) is 25.8 Å². The molecular weight excluding hydrogens is 378 g/mol. The minimum atomic E-state index is -0.904. The van der Waals surface area contributed by atoms with Gasteiger partial charge < -0.3 is 10.4 Å². The zero-order valence-electron chi connectivity index (χ0n) is 14.8. The maximum Gasteiger partial charge on any atom is 0.319 e. The molecule has 2 heterocycles. The third-order valence-corrected chi connectivity index (χ3v) is 6.20. The minimum Gasteiger partial charge on any atom is -0.480 e. The number of thiazole rings is 1. The van der Waals surface area contributed by atoms with Crippen LogP contribution in [0.4, 0.5) is 11.4 Å². The Hall–Kier alpha value is -2.64. The van der Waals surface area contributed by atoms with Gasteiger partial charge in [0.15, 0.2) is 0 Å². The molecule has 2 aromatic heterocycles. The predicted molar refractivity (Wildman–Crippen MR) is 112 cm³/mol. The molecule has 0 amide bonds. The normalized spacial score (nSPS) is 11.8. The van der Waals surface area contributed by atoms with Crippen molar-refractivity contribution in [1.82, 2.24) is 9.97 Å². The highest BCUT2D eigenvalue weighted by atomic mass is 32.2. The fourth-order valence-electron chi connectivity index (χ4n) is 2.73. The van der Waals surface area contributed by atoms with E-state index in [1.54, 1.807) is 31.4 Å². The Morgan fingerprint density at radius 2 is 1.96 bits per heavy atom. The zero-order valence-corrected chi connectivity index (χ0v) is 16.4. The van der Waals surface area contributed by atoms with E-state index in [2.05, 4.69) is 21.4 Å². The molecule has 0 aliphatic heterocycles. The maximum atomic E-state index is 11.4. The molecule has 4 aromatic rings. The van der Waals surface area contributed by atoms with Crippen molar-refractivity contribution in [3.63, 3.8) is 0 Å². The van der Waals surface area contributed by atoms with E-state index in [4.69, 9.17) is 0 Å². The summed E-state index contributed by atoms with van der Waals surface area (Å²) in [6.45, 7) is 3.41. The summed E-state index contributed by atoms with van der Waals surface area (Å²) < 4.78 is 0.244. The minimum absolute atomic E-state index is 0.839. The van der Waals surface area contributed by atoms with Gasteiger partial charge in [-0.15, -0.1) is 23.1 Å². The topological polar surface area (TPSA) is 75.1 Å². The SMILES string of the molecule is CC(C)(Sc1ccc2nccc(Nc3ccc4scnc4c3)c2c1)C(=O)O. The number of nitrogens with zero attached hydrogens (tertiary/aromatic N) is 2. The van der Waals surface area contributed by atoms with Gasteiger partial charge in [0, 0.05) is 27.9 Å². The lowest BCUT2D eigenvalue weighted by Gasteiger charge is -2.19. The number of rotatable bonds is 5. The summed E-state index contributed by atoms with van der Waals surface area (Å²) in [6.07, 6.45) is 1.76. The second kappa shape index (κ2) is 6.83. The third-order valence-electron chi connectivity index (χ3n) is 4.21. The number of aliphatic carboxylic acids is 1. The molecule has 0 bridgehead atoms. The molecule has 0 saturated carbocycles. The Morgan fingerprint density at radius 1 is 1.11 bits per heavy atom. The fourth-order valence-corrected chi connectivity index (χ4v) is 4.38. The lowest BCUT2D eigenvalue weighted by Crippen LogP contribution is -2.26. The summed E-state index contributed by atoms with van der Waals surface area (Å²) in [4.78, 5) is 21.1. The highest BCUT2D eigenvalue weighted by Crippen LogP contribution is 2.36. The largest absolute Gasteiger partial charge is 0.480 e. The summed E-state index contributed by atoms with van der Waals surface area (Å²) in [5.41, 5.74) is 5.52. The lowest BCUT2D eigenvalue weighted by atomic mass is 10.2. The van der Waals surface area contributed by atoms with Crippen LogP contribution in [-0.2, 0) is 4.79 Å². The number of aromatic nitrogens is 2. The number of benzene rings is 2. The van der Waals surface area contributed by atoms with E-state index >= 15 is 0 Å². The number of hydrogen-bond donors (Lipinski definition) is 2. The van der Waals surface area contributed by atoms with Gasteiger partial charge in [0.2, 0.25) is 0 Å². The Morgan fingerprint density at radius 3 is 2.78 bits per heavy atom. The summed E-state index contributed by atoms with van der Waals surface area (Å²) in [6, 6.07) is 13.8. The number of pyridine rings is 1. The van der Waals surface area contributed by atoms with Crippen LogP contribution in [0.2, 0.25) is 0 Å². The quantitative estimate of drug-likeness (QED) is 0.432. The number of thioether (sulfide) groups is 1. The number of anilines is 2. The number of hydrogen-bond acceptors (Lipinski definition) is 6. The van der Waals surface area contributed by atoms with Crippen molar-refractivity contribution >= 4 is 61.6 Å². The van der Waals surface area contributed by atoms with E-state index in [9.17, 15) is 9.90 Å². The first kappa shape index (κ1) is 17.8. The standard InChI is InChI=1S/C20H17N3O2S2/c1-20(2,19(24)25)27-13-4-5-15-14(10-13)16(7-8-21-15)23-12-3-6-18-17(9-12)22-11-26-18/h3-11H,1-2H3,(H,21,23)(H,24,25). The van der Waals surface area contributed by atoms with Gasteiger partial charge in [-0.1, -0.05) is 0 Å². The van der Waals surface area contributed by atoms with Gasteiger partial charge in [0.05, 0.1) is 21.2 Å². The Kier molecular flexibility index (Phi) is 4.49. The molecule has 0 radical (unpaired) electrons. The van der Waals surface area contributed by atoms with E-state index in [-0.39, 0.29) is 0 Å². The second-order valence-electron chi connectivity index (χ2n) is 6.61. The molecular formula is C20H17N3O2S2. The van der Waals surface area contributed by atoms with E-state index in [1.165, 1.54) is 11.8 Å². The molecule has 0 saturated heterocycles. The van der Waals surface area contributed by atoms with Crippen LogP contribution < -0.4 is 5.32 Å². The highest BCUT2D eigenvalue weighted by molar-refractivity contribution is 8.01. The Labute approximate surface area is 164 Å². The van der Waals surface area contributed by atoms with Crippen LogP contribution in [0, 0.1) is 0 Å². The first-order valence-electron chi connectivity index (χ1n) is 8.34. The van der Waals surface area contributed by atoms with Crippen molar-refractivity contribution < 1.29 is 9.90 Å². The van der Waals surface area contributed by atoms with Gasteiger partial charge in [-0.25, -0.2) is 4.98 Å². The maximum absolute atomic E-state index is 11.4. The number of fused-ring (bicyclic) bond motifs is 2. The van der Waals surface area contributed by atoms with Gasteiger partial charge in [0.1, 0.15) is 4.75 Å². The number of carboxylic acid groups (broad SMARTS) is 1. The monoisotopic (exact) mass is 395 g/mol. The summed E-state index contributed by atoms with van der Waals surface area (Å²) >= 11 is 2.94. The van der Waals surface area contributed by atoms with Crippen molar-refractivity contribution in [2.45, 2.75) is 23.5 Å². The Bertz CT molecular complexity index is 1150. The smallest absolute Gasteiger partial charge is 0.319 e. The molecule has 27 heavy (non-hydrogen) atoms. The Balaban J connectivity index is 1.71. The molecule has 4 rings (SSSR count). The molecule has 5 nitrogen and oxygen atoms in total. The first-order valence-corrected chi connectivity index (χ1v) is 10.0. The summed E-state index contributed by atoms with van der Waals surface area (Å²) in [7, 11) is 0. The van der Waals surface area contributed by atoms with Gasteiger partial charge in [-0.2, -0.15) is 0 Å². The molecule has 0 fully saturated rings. The van der Waals surface area contributed by atoms with E-state index in [0.717, 1.165) is 37.4 Å². The molecule has 0 aliphatic rings. The van der Waals surface area contributed by atoms with Crippen molar-refractivity contribution in [3.05, 3.63) is 54.2 Å². The van der Waals surface area contributed by atoms with Gasteiger partial charge >= 0.3 is 5.97 Å². The number of nitrogens with one attached hydrogen (secondary N) is 1. The van der Waals surface area contributed by atoms with Crippen molar-refractivity contribution in [1.29, 1.82) is 0 Å². The van der Waals surface area contributed by atoms with Crippen LogP contribution in [0.25, 0.3) is 21.1 Å². The molecule has 136 valence electrons. The molecule has 7 heteroatoms. The average molecular weight is 396 g/mol. The lowest BCUT2D eigenvalue weighted by molar-refractivity contribution is -0.138. The fraction of sp³-hybridized carbons (Fsp3) is 0.150. The van der Waals surface area contributed by atoms with Crippen LogP contribution in [0.1, 0.15) is 13.8 Å². The van der Waals surface area contributed by atoms with Crippen molar-refractivity contribution in [2.75, 3.05) is 5.32 Å². The van der Waals surface area contributed by atoms with Crippen LogP contribution in [0.3, 0.4) is 0 Å².